The van der Waals surface area contributed by atoms with Crippen LogP contribution in [0, 0.1) is 5.92 Å². The van der Waals surface area contributed by atoms with Crippen LogP contribution in [0.1, 0.15) is 39.3 Å². The second-order valence-corrected chi connectivity index (χ2v) is 10.4. The van der Waals surface area contributed by atoms with Crippen molar-refractivity contribution in [1.82, 2.24) is 0 Å². The smallest absolute Gasteiger partial charge is 0.150 e. The number of hydrogen-bond acceptors (Lipinski definition) is 4. The first-order valence-corrected chi connectivity index (χ1v) is 10.9. The van der Waals surface area contributed by atoms with Crippen molar-refractivity contribution < 1.29 is 13.7 Å². The van der Waals surface area contributed by atoms with Gasteiger partial charge in [0.1, 0.15) is 5.75 Å². The van der Waals surface area contributed by atoms with E-state index in [9.17, 15) is 9.00 Å². The molecule has 4 nitrogen and oxygen atoms in total. The van der Waals surface area contributed by atoms with E-state index < -0.39 is 15.5 Å². The molecule has 0 aliphatic heterocycles. The second kappa shape index (κ2) is 9.57. The Balaban J connectivity index is 2.27. The van der Waals surface area contributed by atoms with Gasteiger partial charge in [0.25, 0.3) is 0 Å². The van der Waals surface area contributed by atoms with Crippen LogP contribution in [0.5, 0.6) is 5.75 Å². The highest BCUT2D eigenvalue weighted by atomic mass is 35.5. The average Bonchev–Trinajstić information content (AvgIpc) is 2.66. The van der Waals surface area contributed by atoms with Crippen LogP contribution < -0.4 is 10.1 Å². The third kappa shape index (κ3) is 6.08. The molecule has 2 aromatic rings. The molecule has 1 N–H and O–H groups in total. The van der Waals surface area contributed by atoms with Crippen molar-refractivity contribution in [2.24, 2.45) is 5.92 Å². The molecule has 152 valence electrons. The van der Waals surface area contributed by atoms with Crippen LogP contribution in [0.25, 0.3) is 0 Å². The van der Waals surface area contributed by atoms with Crippen molar-refractivity contribution in [1.29, 1.82) is 0 Å². The lowest BCUT2D eigenvalue weighted by Gasteiger charge is -2.27. The van der Waals surface area contributed by atoms with Gasteiger partial charge in [0.05, 0.1) is 18.9 Å². The van der Waals surface area contributed by atoms with Gasteiger partial charge in [-0.3, -0.25) is 9.00 Å². The normalized spacial score (nSPS) is 14.8. The van der Waals surface area contributed by atoms with Gasteiger partial charge in [-0.1, -0.05) is 30.7 Å². The fourth-order valence-corrected chi connectivity index (χ4v) is 3.78. The molecule has 2 aromatic carbocycles. The van der Waals surface area contributed by atoms with Crippen LogP contribution in [0.2, 0.25) is 5.02 Å². The summed E-state index contributed by atoms with van der Waals surface area (Å²) < 4.78 is 17.2. The Hall–Kier alpha value is -1.85. The zero-order chi connectivity index (χ0) is 20.9. The molecular formula is C22H28ClNO3S. The molecule has 1 unspecified atom stereocenters. The van der Waals surface area contributed by atoms with Crippen molar-refractivity contribution in [2.75, 3.05) is 18.2 Å². The van der Waals surface area contributed by atoms with E-state index in [1.54, 1.807) is 7.11 Å². The Kier molecular flexibility index (Phi) is 7.67. The molecule has 0 heterocycles. The van der Waals surface area contributed by atoms with Gasteiger partial charge in [0.2, 0.25) is 0 Å². The number of methoxy groups -OCH3 is 1. The summed E-state index contributed by atoms with van der Waals surface area (Å²) in [5.74, 6) is 0.404. The number of ketones is 1. The lowest BCUT2D eigenvalue weighted by atomic mass is 9.91. The van der Waals surface area contributed by atoms with E-state index in [-0.39, 0.29) is 23.5 Å². The fraction of sp³-hybridized carbons (Fsp3) is 0.409. The quantitative estimate of drug-likeness (QED) is 0.632. The number of anilines is 1. The highest BCUT2D eigenvalue weighted by molar-refractivity contribution is 7.87. The van der Waals surface area contributed by atoms with Gasteiger partial charge in [-0.15, -0.1) is 0 Å². The summed E-state index contributed by atoms with van der Waals surface area (Å²) in [5, 5.41) is 4.08. The Bertz CT molecular complexity index is 813. The SMILES string of the molecule is COc1ccc(N[C@@H](c2ccc(Cl)cc2)[C@@H](C)C(=O)CS(=O)C(C)(C)C)cc1. The summed E-state index contributed by atoms with van der Waals surface area (Å²) in [5.41, 5.74) is 1.82. The minimum atomic E-state index is -1.23. The molecule has 0 fully saturated rings. The predicted octanol–water partition coefficient (Wildman–Crippen LogP) is 5.25. The topological polar surface area (TPSA) is 55.4 Å². The third-order valence-electron chi connectivity index (χ3n) is 4.61. The highest BCUT2D eigenvalue weighted by Gasteiger charge is 2.29. The van der Waals surface area contributed by atoms with Gasteiger partial charge < -0.3 is 10.1 Å². The van der Waals surface area contributed by atoms with Gasteiger partial charge in [0, 0.05) is 32.2 Å². The van der Waals surface area contributed by atoms with Crippen LogP contribution in [0.3, 0.4) is 0 Å². The summed E-state index contributed by atoms with van der Waals surface area (Å²) in [6, 6.07) is 14.7. The molecule has 0 amide bonds. The number of halogens is 1. The average molecular weight is 422 g/mol. The minimum Gasteiger partial charge on any atom is -0.497 e. The maximum Gasteiger partial charge on any atom is 0.150 e. The minimum absolute atomic E-state index is 0.0331. The molecule has 0 bridgehead atoms. The standard InChI is InChI=1S/C22H28ClNO3S/c1-15(20(25)14-28(26)22(2,3)4)21(16-6-8-17(23)9-7-16)24-18-10-12-19(27-5)13-11-18/h6-13,15,21,24H,14H2,1-5H3/t15-,21+,28?/m0/s1. The van der Waals surface area contributed by atoms with Crippen molar-refractivity contribution in [3.8, 4) is 5.75 Å². The number of nitrogens with one attached hydrogen (secondary N) is 1. The Morgan fingerprint density at radius 3 is 2.18 bits per heavy atom. The van der Waals surface area contributed by atoms with E-state index in [2.05, 4.69) is 5.32 Å². The molecule has 28 heavy (non-hydrogen) atoms. The van der Waals surface area contributed by atoms with Crippen LogP contribution >= 0.6 is 11.6 Å². The first-order chi connectivity index (χ1) is 13.1. The second-order valence-electron chi connectivity index (χ2n) is 7.76. The largest absolute Gasteiger partial charge is 0.497 e. The number of carbonyl (C=O) groups is 1. The van der Waals surface area contributed by atoms with Crippen molar-refractivity contribution in [2.45, 2.75) is 38.5 Å². The number of ether oxygens (including phenoxy) is 1. The first kappa shape index (κ1) is 22.4. The van der Waals surface area contributed by atoms with Crippen LogP contribution in [0.4, 0.5) is 5.69 Å². The maximum absolute atomic E-state index is 12.9. The van der Waals surface area contributed by atoms with Gasteiger partial charge in [-0.05, 0) is 62.7 Å². The number of rotatable bonds is 8. The van der Waals surface area contributed by atoms with Gasteiger partial charge >= 0.3 is 0 Å². The van der Waals surface area contributed by atoms with E-state index in [0.717, 1.165) is 17.0 Å². The molecule has 0 aromatic heterocycles. The van der Waals surface area contributed by atoms with E-state index >= 15 is 0 Å². The first-order valence-electron chi connectivity index (χ1n) is 9.19. The molecule has 0 radical (unpaired) electrons. The molecule has 0 saturated carbocycles. The number of benzene rings is 2. The van der Waals surface area contributed by atoms with Crippen molar-refractivity contribution in [3.63, 3.8) is 0 Å². The third-order valence-corrected chi connectivity index (χ3v) is 6.77. The van der Waals surface area contributed by atoms with Crippen molar-refractivity contribution >= 4 is 33.9 Å². The monoisotopic (exact) mass is 421 g/mol. The Morgan fingerprint density at radius 2 is 1.68 bits per heavy atom. The predicted molar refractivity (Wildman–Crippen MR) is 118 cm³/mol. The molecule has 0 saturated heterocycles. The highest BCUT2D eigenvalue weighted by Crippen LogP contribution is 2.30. The number of Topliss-reactive ketones (excluding diaryl/α,β-unsaturated/α-hetero) is 1. The summed E-state index contributed by atoms with van der Waals surface area (Å²) in [4.78, 5) is 12.9. The molecule has 0 spiro atoms. The van der Waals surface area contributed by atoms with E-state index in [1.165, 1.54) is 0 Å². The fourth-order valence-electron chi connectivity index (χ4n) is 2.70. The molecular weight excluding hydrogens is 394 g/mol. The van der Waals surface area contributed by atoms with E-state index in [4.69, 9.17) is 16.3 Å². The zero-order valence-corrected chi connectivity index (χ0v) is 18.6. The van der Waals surface area contributed by atoms with Gasteiger partial charge in [-0.25, -0.2) is 0 Å². The summed E-state index contributed by atoms with van der Waals surface area (Å²) in [6.07, 6.45) is 0. The summed E-state index contributed by atoms with van der Waals surface area (Å²) >= 11 is 6.03. The summed E-state index contributed by atoms with van der Waals surface area (Å²) in [6.45, 7) is 7.52. The lowest BCUT2D eigenvalue weighted by Crippen LogP contribution is -2.33. The van der Waals surface area contributed by atoms with Gasteiger partial charge in [0.15, 0.2) is 5.78 Å². The van der Waals surface area contributed by atoms with Crippen LogP contribution in [0.15, 0.2) is 48.5 Å². The summed E-state index contributed by atoms with van der Waals surface area (Å²) in [7, 11) is 0.390. The molecule has 3 atom stereocenters. The zero-order valence-electron chi connectivity index (χ0n) is 17.0. The molecule has 0 aliphatic rings. The molecule has 2 rings (SSSR count). The van der Waals surface area contributed by atoms with Crippen LogP contribution in [-0.4, -0.2) is 27.6 Å². The molecule has 0 aliphatic carbocycles. The Morgan fingerprint density at radius 1 is 1.11 bits per heavy atom. The maximum atomic E-state index is 12.9. The van der Waals surface area contributed by atoms with E-state index in [0.29, 0.717) is 5.02 Å². The lowest BCUT2D eigenvalue weighted by molar-refractivity contribution is -0.120. The number of carbonyl (C=O) groups excluding carboxylic acids is 1. The number of hydrogen-bond donors (Lipinski definition) is 1. The molecule has 6 heteroatoms. The van der Waals surface area contributed by atoms with Crippen molar-refractivity contribution in [3.05, 3.63) is 59.1 Å². The van der Waals surface area contributed by atoms with Gasteiger partial charge in [-0.2, -0.15) is 0 Å². The van der Waals surface area contributed by atoms with Crippen LogP contribution in [-0.2, 0) is 15.6 Å². The van der Waals surface area contributed by atoms with E-state index in [1.807, 2.05) is 76.2 Å². The Labute approximate surface area is 175 Å².